The molecule has 0 bridgehead atoms. The Kier molecular flexibility index (Phi) is 1.86. The van der Waals surface area contributed by atoms with Crippen LogP contribution in [0.15, 0.2) is 5.18 Å². The number of nitrogens with zero attached hydrogens (tertiary/aromatic N) is 1. The molecule has 0 aliphatic rings. The molecule has 0 aromatic carbocycles. The highest BCUT2D eigenvalue weighted by Gasteiger charge is 1.38. The normalized spacial score (nSPS) is 5.00. The maximum absolute atomic E-state index is 8.68. The molecule has 3 nitrogen and oxygen atoms in total. The Morgan fingerprint density at radius 3 is 2.25 bits per heavy atom. The minimum absolute atomic E-state index is 0.444. The molecule has 0 radical (unpaired) electrons. The van der Waals surface area contributed by atoms with Crippen molar-refractivity contribution in [3.05, 3.63) is 4.91 Å². The summed E-state index contributed by atoms with van der Waals surface area (Å²) in [4.78, 5) is 8.68. The first-order chi connectivity index (χ1) is 1.91. The van der Waals surface area contributed by atoms with Gasteiger partial charge in [0, 0.05) is 0 Å². The smallest absolute Gasteiger partial charge is 0.152 e. The van der Waals surface area contributed by atoms with E-state index in [9.17, 15) is 0 Å². The lowest BCUT2D eigenvalue weighted by Gasteiger charge is -1.37. The van der Waals surface area contributed by atoms with Crippen LogP contribution in [-0.2, 0) is 0 Å². The minimum Gasteiger partial charge on any atom is -0.287 e. The van der Waals surface area contributed by atoms with Gasteiger partial charge in [0.15, 0.2) is 6.34 Å². The third-order valence-electron chi connectivity index (χ3n) is 0.0527. The third-order valence-corrected chi connectivity index (χ3v) is 0.0527. The van der Waals surface area contributed by atoms with Crippen LogP contribution in [0.25, 0.3) is 0 Å². The van der Waals surface area contributed by atoms with Gasteiger partial charge in [0.25, 0.3) is 0 Å². The summed E-state index contributed by atoms with van der Waals surface area (Å²) in [6.45, 7) is 0. The predicted molar refractivity (Wildman–Crippen MR) is 14.6 cm³/mol. The fourth-order valence-electron chi connectivity index (χ4n) is 0. The molecular formula is CH2N2O. The second-order valence-electron chi connectivity index (χ2n) is 0.235. The molecule has 0 saturated heterocycles. The van der Waals surface area contributed by atoms with Gasteiger partial charge in [-0.25, -0.2) is 0 Å². The molecule has 0 rings (SSSR count). The van der Waals surface area contributed by atoms with E-state index >= 15 is 0 Å². The van der Waals surface area contributed by atoms with E-state index in [-0.39, 0.29) is 0 Å². The van der Waals surface area contributed by atoms with E-state index in [0.717, 1.165) is 0 Å². The first-order valence-electron chi connectivity index (χ1n) is 0.729. The lowest BCUT2D eigenvalue weighted by Crippen LogP contribution is -1.41. The summed E-state index contributed by atoms with van der Waals surface area (Å²) in [7, 11) is 0. The fraction of sp³-hybridized carbons (Fsp3) is 0. The molecule has 0 heterocycles. The number of hydrogen-bond donors (Lipinski definition) is 1. The molecule has 0 atom stereocenters. The van der Waals surface area contributed by atoms with E-state index in [4.69, 9.17) is 10.3 Å². The van der Waals surface area contributed by atoms with E-state index in [1.54, 1.807) is 0 Å². The van der Waals surface area contributed by atoms with Gasteiger partial charge in [-0.05, 0) is 5.18 Å². The molecule has 0 unspecified atom stereocenters. The molecule has 22 valence electrons. The lowest BCUT2D eigenvalue weighted by molar-refractivity contribution is 1.50. The van der Waals surface area contributed by atoms with Gasteiger partial charge >= 0.3 is 0 Å². The van der Waals surface area contributed by atoms with Gasteiger partial charge in [-0.2, -0.15) is 0 Å². The monoisotopic (exact) mass is 58.0 g/mol. The Morgan fingerprint density at radius 2 is 2.25 bits per heavy atom. The van der Waals surface area contributed by atoms with Gasteiger partial charge in [0.2, 0.25) is 0 Å². The van der Waals surface area contributed by atoms with Crippen LogP contribution in [0.4, 0.5) is 0 Å². The minimum atomic E-state index is 0.444. The largest absolute Gasteiger partial charge is 0.287 e. The molecule has 0 aliphatic heterocycles. The van der Waals surface area contributed by atoms with Gasteiger partial charge < -0.3 is 0 Å². The first kappa shape index (κ1) is 3.27. The standard InChI is InChI=1S/CH2N2O/c2-1-3-4/h1-2H. The zero-order valence-corrected chi connectivity index (χ0v) is 1.93. The molecule has 4 heavy (non-hydrogen) atoms. The van der Waals surface area contributed by atoms with Crippen LogP contribution in [0.3, 0.4) is 0 Å². The van der Waals surface area contributed by atoms with E-state index in [1.807, 2.05) is 5.18 Å². The SMILES string of the molecule is N=CN=O. The molecule has 0 amide bonds. The van der Waals surface area contributed by atoms with Crippen molar-refractivity contribution in [2.45, 2.75) is 0 Å². The molecule has 0 aliphatic carbocycles. The highest BCUT2D eigenvalue weighted by Crippen LogP contribution is 1.36. The average Bonchev–Trinajstić information content (AvgIpc) is 1.37. The van der Waals surface area contributed by atoms with Gasteiger partial charge in [0.1, 0.15) is 0 Å². The maximum Gasteiger partial charge on any atom is 0.152 e. The second kappa shape index (κ2) is 2.27. The fourth-order valence-corrected chi connectivity index (χ4v) is 0. The predicted octanol–water partition coefficient (Wildman–Crippen LogP) is 0.360. The summed E-state index contributed by atoms with van der Waals surface area (Å²) >= 11 is 0. The summed E-state index contributed by atoms with van der Waals surface area (Å²) in [5, 5.41) is 7.88. The molecular weight excluding hydrogens is 56.0 g/mol. The van der Waals surface area contributed by atoms with Crippen molar-refractivity contribution in [1.82, 2.24) is 0 Å². The van der Waals surface area contributed by atoms with Crippen LogP contribution in [0.2, 0.25) is 0 Å². The molecule has 0 saturated carbocycles. The first-order valence-corrected chi connectivity index (χ1v) is 0.729. The third kappa shape index (κ3) is 1.27. The Labute approximate surface area is 23.1 Å². The molecule has 1 N–H and O–H groups in total. The number of rotatable bonds is 1. The Morgan fingerprint density at radius 1 is 2.00 bits per heavy atom. The van der Waals surface area contributed by atoms with Crippen LogP contribution in [0, 0.1) is 10.3 Å². The van der Waals surface area contributed by atoms with Crippen LogP contribution < -0.4 is 0 Å². The Bertz CT molecular complexity index is 27.0. The van der Waals surface area contributed by atoms with Gasteiger partial charge in [0.05, 0.1) is 0 Å². The van der Waals surface area contributed by atoms with Crippen molar-refractivity contribution in [1.29, 1.82) is 5.41 Å². The summed E-state index contributed by atoms with van der Waals surface area (Å²) < 4.78 is 0. The molecule has 0 aromatic rings. The summed E-state index contributed by atoms with van der Waals surface area (Å²) in [6, 6.07) is 0. The van der Waals surface area contributed by atoms with Crippen LogP contribution in [-0.4, -0.2) is 6.34 Å². The zero-order chi connectivity index (χ0) is 3.41. The zero-order valence-electron chi connectivity index (χ0n) is 1.93. The highest BCUT2D eigenvalue weighted by molar-refractivity contribution is 5.49. The lowest BCUT2D eigenvalue weighted by atomic mass is 11.4. The van der Waals surface area contributed by atoms with Crippen LogP contribution >= 0.6 is 0 Å². The Balaban J connectivity index is 2.73. The second-order valence-corrected chi connectivity index (χ2v) is 0.235. The van der Waals surface area contributed by atoms with E-state index < -0.39 is 0 Å². The molecule has 0 spiro atoms. The maximum atomic E-state index is 8.68. The topological polar surface area (TPSA) is 53.3 Å². The van der Waals surface area contributed by atoms with Crippen molar-refractivity contribution in [3.8, 4) is 0 Å². The molecule has 0 aromatic heterocycles. The number of nitrogens with one attached hydrogen (secondary N) is 1. The van der Waals surface area contributed by atoms with Gasteiger partial charge in [-0.15, -0.1) is 4.91 Å². The van der Waals surface area contributed by atoms with Gasteiger partial charge in [-0.3, -0.25) is 5.41 Å². The van der Waals surface area contributed by atoms with Crippen molar-refractivity contribution in [3.63, 3.8) is 0 Å². The van der Waals surface area contributed by atoms with Crippen LogP contribution in [0.1, 0.15) is 0 Å². The summed E-state index contributed by atoms with van der Waals surface area (Å²) in [5.74, 6) is 0. The highest BCUT2D eigenvalue weighted by atomic mass is 16.3. The van der Waals surface area contributed by atoms with Crippen molar-refractivity contribution >= 4 is 6.34 Å². The molecule has 0 fully saturated rings. The summed E-state index contributed by atoms with van der Waals surface area (Å²) in [5.41, 5.74) is 0. The number of nitroso groups, excluding NO2 is 1. The summed E-state index contributed by atoms with van der Waals surface area (Å²) in [6.07, 6.45) is 0.444. The molecule has 3 heteroatoms. The average molecular weight is 58.0 g/mol. The van der Waals surface area contributed by atoms with E-state index in [2.05, 4.69) is 0 Å². The van der Waals surface area contributed by atoms with Gasteiger partial charge in [-0.1, -0.05) is 0 Å². The Hall–Kier alpha value is -0.730. The van der Waals surface area contributed by atoms with Crippen molar-refractivity contribution in [2.75, 3.05) is 0 Å². The number of hydrogen-bond acceptors (Lipinski definition) is 2. The van der Waals surface area contributed by atoms with E-state index in [0.29, 0.717) is 6.34 Å². The van der Waals surface area contributed by atoms with E-state index in [1.165, 1.54) is 0 Å². The van der Waals surface area contributed by atoms with Crippen molar-refractivity contribution < 1.29 is 0 Å². The quantitative estimate of drug-likeness (QED) is 0.264. The van der Waals surface area contributed by atoms with Crippen LogP contribution in [0.5, 0.6) is 0 Å². The van der Waals surface area contributed by atoms with Crippen molar-refractivity contribution in [2.24, 2.45) is 5.18 Å².